The second-order valence-electron chi connectivity index (χ2n) is 20.5. The first-order valence-electron chi connectivity index (χ1n) is 32.0. The van der Waals surface area contributed by atoms with Gasteiger partial charge in [0.05, 0.1) is 19.8 Å². The molecule has 0 aliphatic carbocycles. The van der Waals surface area contributed by atoms with Crippen molar-refractivity contribution >= 4 is 25.7 Å². The number of unbranched alkanes of at least 4 members (excludes halogenated alkanes) is 12. The van der Waals surface area contributed by atoms with Crippen LogP contribution in [0.4, 0.5) is 0 Å². The molecule has 11 nitrogen and oxygen atoms in total. The van der Waals surface area contributed by atoms with Crippen LogP contribution in [0.3, 0.4) is 0 Å². The molecule has 84 heavy (non-hydrogen) atoms. The van der Waals surface area contributed by atoms with Gasteiger partial charge in [-0.2, -0.15) is 0 Å². The molecule has 3 atom stereocenters. The van der Waals surface area contributed by atoms with Gasteiger partial charge in [-0.05, 0) is 141 Å². The minimum Gasteiger partial charge on any atom is -0.462 e. The third-order valence-corrected chi connectivity index (χ3v) is 13.6. The Bertz CT molecular complexity index is 2060. The lowest BCUT2D eigenvalue weighted by Crippen LogP contribution is -2.30. The largest absolute Gasteiger partial charge is 0.472 e. The number of esters is 3. The molecule has 0 saturated heterocycles. The molecular formula is C72H113O11P. The van der Waals surface area contributed by atoms with Crippen LogP contribution >= 0.6 is 7.82 Å². The summed E-state index contributed by atoms with van der Waals surface area (Å²) in [5.74, 6) is -1.64. The number of hydrogen-bond acceptors (Lipinski definition) is 10. The summed E-state index contributed by atoms with van der Waals surface area (Å²) in [7, 11) is -4.80. The van der Waals surface area contributed by atoms with Crippen molar-refractivity contribution in [1.29, 1.82) is 0 Å². The molecule has 0 heterocycles. The Hall–Kier alpha value is -5.16. The average Bonchev–Trinajstić information content (AvgIpc) is 3.55. The standard InChI is InChI=1S/C72H113O11P/c1-4-7-10-13-16-19-22-25-28-31-34-37-40-43-46-49-52-55-58-61-70(74)79-65-69(83-72(76)63-60-57-54-51-48-45-42-39-36-33-30-27-24-21-18-15-12-9-6-3)67-81-84(77,78)80-66-68(64-73)82-71(75)62-59-56-53-50-47-44-41-38-35-32-29-26-23-20-17-14-11-8-5-2/h7,9-10,12,16-21,25-30,34-39,43,45-46,48,52,55,68-69,73H,4-6,8,11,13-15,22-24,31-33,40-42,44,47,49-51,53-54,56-67H2,1-3H3,(H,77,78)/b10-7-,12-9-,19-16-,20-17-,21-18-,28-25-,29-26-,30-27-,37-34-,38-35-,39-36-,46-43-,48-45-,55-52-. The summed E-state index contributed by atoms with van der Waals surface area (Å²) in [6, 6.07) is 0. The van der Waals surface area contributed by atoms with Crippen LogP contribution in [-0.2, 0) is 42.2 Å². The zero-order valence-corrected chi connectivity index (χ0v) is 53.2. The van der Waals surface area contributed by atoms with E-state index < -0.39 is 64.4 Å². The number of phosphoric ester groups is 1. The van der Waals surface area contributed by atoms with Crippen LogP contribution in [0.5, 0.6) is 0 Å². The van der Waals surface area contributed by atoms with E-state index in [0.29, 0.717) is 19.3 Å². The number of carbonyl (C=O) groups excluding carboxylic acids is 3. The van der Waals surface area contributed by atoms with Crippen LogP contribution < -0.4 is 0 Å². The van der Waals surface area contributed by atoms with E-state index in [-0.39, 0.29) is 19.3 Å². The van der Waals surface area contributed by atoms with Gasteiger partial charge in [0.25, 0.3) is 0 Å². The van der Waals surface area contributed by atoms with Gasteiger partial charge in [-0.3, -0.25) is 23.4 Å². The van der Waals surface area contributed by atoms with Crippen LogP contribution in [0.25, 0.3) is 0 Å². The van der Waals surface area contributed by atoms with Gasteiger partial charge >= 0.3 is 25.7 Å². The lowest BCUT2D eigenvalue weighted by molar-refractivity contribution is -0.161. The number of aliphatic hydroxyl groups excluding tert-OH is 1. The van der Waals surface area contributed by atoms with Gasteiger partial charge in [0.15, 0.2) is 6.10 Å². The Morgan fingerprint density at radius 1 is 0.345 bits per heavy atom. The summed E-state index contributed by atoms with van der Waals surface area (Å²) in [6.07, 6.45) is 86.0. The quantitative estimate of drug-likeness (QED) is 0.0197. The maximum Gasteiger partial charge on any atom is 0.472 e. The maximum atomic E-state index is 13.0. The van der Waals surface area contributed by atoms with Crippen molar-refractivity contribution in [2.24, 2.45) is 0 Å². The highest BCUT2D eigenvalue weighted by Crippen LogP contribution is 2.43. The van der Waals surface area contributed by atoms with Gasteiger partial charge in [0, 0.05) is 19.3 Å². The predicted octanol–water partition coefficient (Wildman–Crippen LogP) is 19.8. The lowest BCUT2D eigenvalue weighted by Gasteiger charge is -2.21. The summed E-state index contributed by atoms with van der Waals surface area (Å²) in [5.41, 5.74) is 0. The Balaban J connectivity index is 4.89. The molecule has 0 radical (unpaired) electrons. The molecule has 0 bridgehead atoms. The van der Waals surface area contributed by atoms with E-state index >= 15 is 0 Å². The summed E-state index contributed by atoms with van der Waals surface area (Å²) < 4.78 is 39.6. The molecule has 0 aromatic heterocycles. The molecule has 0 fully saturated rings. The molecule has 0 saturated carbocycles. The number of carbonyl (C=O) groups is 3. The Labute approximate surface area is 510 Å². The maximum absolute atomic E-state index is 13.0. The van der Waals surface area contributed by atoms with Gasteiger partial charge in [-0.25, -0.2) is 4.57 Å². The molecule has 0 aromatic rings. The van der Waals surface area contributed by atoms with E-state index in [4.69, 9.17) is 23.3 Å². The Morgan fingerprint density at radius 2 is 0.643 bits per heavy atom. The molecule has 2 N–H and O–H groups in total. The van der Waals surface area contributed by atoms with Crippen molar-refractivity contribution in [2.45, 2.75) is 238 Å². The fraction of sp³-hybridized carbons (Fsp3) is 0.569. The summed E-state index contributed by atoms with van der Waals surface area (Å²) in [4.78, 5) is 48.7. The van der Waals surface area contributed by atoms with Gasteiger partial charge < -0.3 is 24.2 Å². The fourth-order valence-corrected chi connectivity index (χ4v) is 8.61. The molecule has 0 rings (SSSR count). The Kier molecular flexibility index (Phi) is 59.9. The van der Waals surface area contributed by atoms with E-state index in [0.717, 1.165) is 141 Å². The topological polar surface area (TPSA) is 155 Å². The highest BCUT2D eigenvalue weighted by atomic mass is 31.2. The third-order valence-electron chi connectivity index (χ3n) is 12.6. The minimum atomic E-state index is -4.80. The molecular weight excluding hydrogens is 1070 g/mol. The highest BCUT2D eigenvalue weighted by molar-refractivity contribution is 7.47. The normalized spacial score (nSPS) is 14.4. The van der Waals surface area contributed by atoms with Crippen LogP contribution in [0, 0.1) is 0 Å². The van der Waals surface area contributed by atoms with E-state index in [1.807, 2.05) is 12.2 Å². The molecule has 0 spiro atoms. The van der Waals surface area contributed by atoms with Crippen molar-refractivity contribution in [2.75, 3.05) is 26.4 Å². The number of hydrogen-bond donors (Lipinski definition) is 2. The van der Waals surface area contributed by atoms with Gasteiger partial charge in [0.2, 0.25) is 0 Å². The van der Waals surface area contributed by atoms with E-state index in [9.17, 15) is 28.9 Å². The number of phosphoric acid groups is 1. The van der Waals surface area contributed by atoms with Gasteiger partial charge in [0.1, 0.15) is 12.7 Å². The fourth-order valence-electron chi connectivity index (χ4n) is 7.83. The predicted molar refractivity (Wildman–Crippen MR) is 352 cm³/mol. The van der Waals surface area contributed by atoms with Gasteiger partial charge in [-0.15, -0.1) is 0 Å². The van der Waals surface area contributed by atoms with E-state index in [1.165, 1.54) is 25.7 Å². The zero-order valence-electron chi connectivity index (χ0n) is 52.3. The van der Waals surface area contributed by atoms with Crippen molar-refractivity contribution in [3.63, 3.8) is 0 Å². The van der Waals surface area contributed by atoms with Crippen molar-refractivity contribution in [3.05, 3.63) is 170 Å². The number of rotatable bonds is 57. The van der Waals surface area contributed by atoms with E-state index in [2.05, 4.69) is 179 Å². The lowest BCUT2D eigenvalue weighted by atomic mass is 10.1. The smallest absolute Gasteiger partial charge is 0.462 e. The zero-order chi connectivity index (χ0) is 61.2. The van der Waals surface area contributed by atoms with Gasteiger partial charge in [-0.1, -0.05) is 236 Å². The molecule has 0 amide bonds. The second kappa shape index (κ2) is 63.9. The number of aliphatic hydroxyl groups is 1. The SMILES string of the molecule is CC/C=C\C/C=C\C/C=C\C/C=C\C/C=C\C/C=C\CCC(=O)OCC(COP(=O)(O)OCC(CO)OC(=O)CCCCCCCC/C=C\C/C=C\C/C=C\CCCCC)OC(=O)CCCCC/C=C\C/C=C\C/C=C\C/C=C\C/C=C\CC. The third kappa shape index (κ3) is 61.4. The first-order valence-corrected chi connectivity index (χ1v) is 33.5. The summed E-state index contributed by atoms with van der Waals surface area (Å²) in [5, 5.41) is 9.86. The number of allylic oxidation sites excluding steroid dienone is 28. The van der Waals surface area contributed by atoms with Crippen molar-refractivity contribution < 1.29 is 52.2 Å². The Morgan fingerprint density at radius 3 is 1.01 bits per heavy atom. The molecule has 3 unspecified atom stereocenters. The monoisotopic (exact) mass is 1180 g/mol. The summed E-state index contributed by atoms with van der Waals surface area (Å²) >= 11 is 0. The van der Waals surface area contributed by atoms with Crippen molar-refractivity contribution in [1.82, 2.24) is 0 Å². The minimum absolute atomic E-state index is 0.0826. The summed E-state index contributed by atoms with van der Waals surface area (Å²) in [6.45, 7) is 4.24. The van der Waals surface area contributed by atoms with Crippen molar-refractivity contribution in [3.8, 4) is 0 Å². The first kappa shape index (κ1) is 78.8. The molecule has 0 aliphatic rings. The highest BCUT2D eigenvalue weighted by Gasteiger charge is 2.28. The second-order valence-corrected chi connectivity index (χ2v) is 21.9. The number of ether oxygens (including phenoxy) is 3. The van der Waals surface area contributed by atoms with Crippen LogP contribution in [0.15, 0.2) is 170 Å². The molecule has 0 aromatic carbocycles. The van der Waals surface area contributed by atoms with Crippen LogP contribution in [0.1, 0.15) is 226 Å². The first-order chi connectivity index (χ1) is 41.2. The molecule has 12 heteroatoms. The molecule has 472 valence electrons. The average molecular weight is 1190 g/mol. The van der Waals surface area contributed by atoms with Crippen LogP contribution in [0.2, 0.25) is 0 Å². The van der Waals surface area contributed by atoms with Crippen LogP contribution in [-0.4, -0.2) is 66.5 Å². The molecule has 0 aliphatic heterocycles. The van der Waals surface area contributed by atoms with E-state index in [1.54, 1.807) is 0 Å².